The number of aliphatic hydroxyl groups excluding tert-OH is 1. The van der Waals surface area contributed by atoms with Gasteiger partial charge < -0.3 is 15.7 Å². The van der Waals surface area contributed by atoms with Crippen LogP contribution in [0.25, 0.3) is 0 Å². The van der Waals surface area contributed by atoms with Crippen LogP contribution in [0.1, 0.15) is 20.3 Å². The number of primary sulfonamides is 1. The number of nitrogens with two attached hydrogens (primary N) is 2. The summed E-state index contributed by atoms with van der Waals surface area (Å²) in [7, 11) is -3.82. The van der Waals surface area contributed by atoms with Gasteiger partial charge in [-0.05, 0) is 24.1 Å². The van der Waals surface area contributed by atoms with E-state index in [2.05, 4.69) is 13.8 Å². The molecule has 0 spiro atoms. The van der Waals surface area contributed by atoms with Crippen LogP contribution in [0.4, 0.5) is 11.4 Å². The number of anilines is 2. The molecule has 5 N–H and O–H groups in total. The number of hydrogen-bond donors (Lipinski definition) is 3. The zero-order chi connectivity index (χ0) is 14.6. The minimum atomic E-state index is -3.82. The van der Waals surface area contributed by atoms with E-state index in [9.17, 15) is 13.5 Å². The second-order valence-electron chi connectivity index (χ2n) is 4.64. The molecule has 0 saturated heterocycles. The van der Waals surface area contributed by atoms with E-state index in [0.717, 1.165) is 6.42 Å². The van der Waals surface area contributed by atoms with Gasteiger partial charge in [-0.3, -0.25) is 0 Å². The van der Waals surface area contributed by atoms with Crippen molar-refractivity contribution in [3.05, 3.63) is 18.2 Å². The van der Waals surface area contributed by atoms with Crippen LogP contribution in [0.15, 0.2) is 23.1 Å². The van der Waals surface area contributed by atoms with Crippen molar-refractivity contribution >= 4 is 21.4 Å². The van der Waals surface area contributed by atoms with Gasteiger partial charge in [0.2, 0.25) is 10.0 Å². The van der Waals surface area contributed by atoms with Crippen molar-refractivity contribution in [3.63, 3.8) is 0 Å². The molecule has 1 atom stereocenters. The molecule has 0 saturated carbocycles. The molecular formula is C12H21N3O3S. The molecule has 0 heterocycles. The van der Waals surface area contributed by atoms with Gasteiger partial charge in [-0.1, -0.05) is 20.3 Å². The molecule has 7 heteroatoms. The van der Waals surface area contributed by atoms with Gasteiger partial charge in [-0.15, -0.1) is 0 Å². The topological polar surface area (TPSA) is 110 Å². The van der Waals surface area contributed by atoms with Crippen LogP contribution in [0, 0.1) is 5.92 Å². The zero-order valence-electron chi connectivity index (χ0n) is 11.2. The Bertz CT molecular complexity index is 531. The fourth-order valence-electron chi connectivity index (χ4n) is 1.74. The highest BCUT2D eigenvalue weighted by molar-refractivity contribution is 7.89. The lowest BCUT2D eigenvalue weighted by Crippen LogP contribution is -2.29. The van der Waals surface area contributed by atoms with E-state index >= 15 is 0 Å². The number of aliphatic hydroxyl groups is 1. The molecule has 6 nitrogen and oxygen atoms in total. The highest BCUT2D eigenvalue weighted by atomic mass is 32.2. The molecule has 0 fully saturated rings. The highest BCUT2D eigenvalue weighted by Gasteiger charge is 2.15. The monoisotopic (exact) mass is 287 g/mol. The Morgan fingerprint density at radius 2 is 2.05 bits per heavy atom. The van der Waals surface area contributed by atoms with Crippen LogP contribution in [-0.2, 0) is 10.0 Å². The van der Waals surface area contributed by atoms with Crippen molar-refractivity contribution in [2.24, 2.45) is 11.1 Å². The summed E-state index contributed by atoms with van der Waals surface area (Å²) in [6.45, 7) is 4.66. The minimum absolute atomic E-state index is 0.0857. The molecule has 1 aromatic carbocycles. The molecule has 1 rings (SSSR count). The van der Waals surface area contributed by atoms with Gasteiger partial charge >= 0.3 is 0 Å². The molecule has 19 heavy (non-hydrogen) atoms. The number of sulfonamides is 1. The summed E-state index contributed by atoms with van der Waals surface area (Å²) in [4.78, 5) is 1.63. The molecule has 0 aliphatic carbocycles. The fourth-order valence-corrected chi connectivity index (χ4v) is 2.39. The van der Waals surface area contributed by atoms with Crippen molar-refractivity contribution in [1.29, 1.82) is 0 Å². The summed E-state index contributed by atoms with van der Waals surface area (Å²) < 4.78 is 22.5. The van der Waals surface area contributed by atoms with Crippen molar-refractivity contribution in [1.82, 2.24) is 0 Å². The second-order valence-corrected chi connectivity index (χ2v) is 6.17. The lowest BCUT2D eigenvalue weighted by molar-refractivity contribution is 0.283. The quantitative estimate of drug-likeness (QED) is 0.527. The van der Waals surface area contributed by atoms with Crippen LogP contribution in [-0.4, -0.2) is 26.8 Å². The smallest absolute Gasteiger partial charge is 0.240 e. The zero-order valence-corrected chi connectivity index (χ0v) is 12.0. The van der Waals surface area contributed by atoms with Gasteiger partial charge in [-0.2, -0.15) is 0 Å². The lowest BCUT2D eigenvalue weighted by atomic mass is 10.1. The molecule has 0 amide bonds. The highest BCUT2D eigenvalue weighted by Crippen LogP contribution is 2.24. The first-order chi connectivity index (χ1) is 8.79. The molecular weight excluding hydrogens is 266 g/mol. The van der Waals surface area contributed by atoms with Crippen molar-refractivity contribution in [2.75, 3.05) is 23.9 Å². The van der Waals surface area contributed by atoms with E-state index in [1.165, 1.54) is 12.1 Å². The summed E-state index contributed by atoms with van der Waals surface area (Å²) in [6.07, 6.45) is 0.987. The van der Waals surface area contributed by atoms with Gasteiger partial charge in [-0.25, -0.2) is 13.6 Å². The largest absolute Gasteiger partial charge is 0.398 e. The minimum Gasteiger partial charge on any atom is -0.398 e. The molecule has 1 aromatic rings. The summed E-state index contributed by atoms with van der Waals surface area (Å²) in [5, 5.41) is 14.4. The number of nitrogens with zero attached hydrogens (tertiary/aromatic N) is 1. The van der Waals surface area contributed by atoms with Crippen molar-refractivity contribution < 1.29 is 13.5 Å². The predicted molar refractivity (Wildman–Crippen MR) is 76.1 cm³/mol. The Kier molecular flexibility index (Phi) is 5.16. The van der Waals surface area contributed by atoms with Crippen LogP contribution < -0.4 is 15.8 Å². The average molecular weight is 287 g/mol. The Morgan fingerprint density at radius 1 is 1.42 bits per heavy atom. The van der Waals surface area contributed by atoms with E-state index in [0.29, 0.717) is 18.2 Å². The molecule has 108 valence electrons. The van der Waals surface area contributed by atoms with Gasteiger partial charge in [0.25, 0.3) is 0 Å². The van der Waals surface area contributed by atoms with Gasteiger partial charge in [0.05, 0.1) is 5.69 Å². The molecule has 1 unspecified atom stereocenters. The van der Waals surface area contributed by atoms with E-state index in [1.807, 2.05) is 0 Å². The number of benzene rings is 1. The van der Waals surface area contributed by atoms with Crippen LogP contribution in [0.3, 0.4) is 0 Å². The van der Waals surface area contributed by atoms with Gasteiger partial charge in [0.1, 0.15) is 11.6 Å². The average Bonchev–Trinajstić information content (AvgIpc) is 2.33. The van der Waals surface area contributed by atoms with Crippen molar-refractivity contribution in [3.8, 4) is 0 Å². The third-order valence-corrected chi connectivity index (χ3v) is 4.05. The summed E-state index contributed by atoms with van der Waals surface area (Å²) >= 11 is 0. The Balaban J connectivity index is 3.05. The summed E-state index contributed by atoms with van der Waals surface area (Å²) in [5.41, 5.74) is 6.46. The first kappa shape index (κ1) is 15.7. The Hall–Kier alpha value is -1.31. The van der Waals surface area contributed by atoms with Crippen LogP contribution in [0.5, 0.6) is 0 Å². The molecule has 0 aliphatic rings. The fraction of sp³-hybridized carbons (Fsp3) is 0.500. The maximum atomic E-state index is 11.3. The predicted octanol–water partition coefficient (Wildman–Crippen LogP) is 0.718. The maximum Gasteiger partial charge on any atom is 0.240 e. The van der Waals surface area contributed by atoms with Gasteiger partial charge in [0, 0.05) is 12.2 Å². The maximum absolute atomic E-state index is 11.3. The third kappa shape index (κ3) is 4.09. The van der Waals surface area contributed by atoms with E-state index < -0.39 is 10.0 Å². The lowest BCUT2D eigenvalue weighted by Gasteiger charge is -2.25. The normalized spacial score (nSPS) is 13.3. The number of rotatable bonds is 6. The number of hydrogen-bond acceptors (Lipinski definition) is 5. The first-order valence-electron chi connectivity index (χ1n) is 6.07. The van der Waals surface area contributed by atoms with E-state index in [-0.39, 0.29) is 17.3 Å². The third-order valence-electron chi connectivity index (χ3n) is 3.06. The second kappa shape index (κ2) is 6.23. The van der Waals surface area contributed by atoms with Gasteiger partial charge in [0.15, 0.2) is 0 Å². The Morgan fingerprint density at radius 3 is 2.47 bits per heavy atom. The first-order valence-corrected chi connectivity index (χ1v) is 7.62. The summed E-state index contributed by atoms with van der Waals surface area (Å²) in [5.74, 6) is 0.409. The Labute approximate surface area is 114 Å². The molecule has 0 aromatic heterocycles. The number of nitrogen functional groups attached to an aromatic ring is 1. The SMILES string of the molecule is CCC(C)CN(CO)c1ccc(S(N)(=O)=O)c(N)c1. The molecule has 0 aliphatic heterocycles. The van der Waals surface area contributed by atoms with E-state index in [1.54, 1.807) is 11.0 Å². The standard InChI is InChI=1S/C12H21N3O3S/c1-3-9(2)7-15(8-16)10-4-5-12(11(13)6-10)19(14,17)18/h4-6,9,16H,3,7-8,13H2,1-2H3,(H2,14,17,18). The van der Waals surface area contributed by atoms with Crippen molar-refractivity contribution in [2.45, 2.75) is 25.2 Å². The van der Waals surface area contributed by atoms with Crippen LogP contribution in [0.2, 0.25) is 0 Å². The van der Waals surface area contributed by atoms with Crippen LogP contribution >= 0.6 is 0 Å². The molecule has 0 radical (unpaired) electrons. The van der Waals surface area contributed by atoms with E-state index in [4.69, 9.17) is 10.9 Å². The molecule has 0 bridgehead atoms. The summed E-state index contributed by atoms with van der Waals surface area (Å²) in [6, 6.07) is 4.46.